The van der Waals surface area contributed by atoms with Gasteiger partial charge in [-0.3, -0.25) is 4.79 Å². The fourth-order valence-electron chi connectivity index (χ4n) is 3.40. The first-order valence-electron chi connectivity index (χ1n) is 11.9. The third kappa shape index (κ3) is 6.12. The minimum Gasteiger partial charge on any atom is -0.477 e. The lowest BCUT2D eigenvalue weighted by molar-refractivity contribution is 0.0697. The Hall–Kier alpha value is -4.58. The maximum atomic E-state index is 14.2. The van der Waals surface area contributed by atoms with Crippen molar-refractivity contribution in [1.29, 1.82) is 0 Å². The highest BCUT2D eigenvalue weighted by molar-refractivity contribution is 6.21. The van der Waals surface area contributed by atoms with Crippen LogP contribution in [0, 0.1) is 0 Å². The Bertz CT molecular complexity index is 1560. The van der Waals surface area contributed by atoms with Gasteiger partial charge in [0.05, 0.1) is 18.1 Å². The Morgan fingerprint density at radius 3 is 2.33 bits per heavy atom. The van der Waals surface area contributed by atoms with Gasteiger partial charge in [-0.15, -0.1) is 0 Å². The van der Waals surface area contributed by atoms with Gasteiger partial charge in [-0.25, -0.2) is 19.0 Å². The number of hydrogen-bond acceptors (Lipinski definition) is 6. The van der Waals surface area contributed by atoms with Gasteiger partial charge < -0.3 is 14.8 Å². The number of amides is 1. The number of hydrogen-bond donors (Lipinski definition) is 2. The van der Waals surface area contributed by atoms with Crippen LogP contribution in [0.3, 0.4) is 0 Å². The number of aromatic carboxylic acids is 1. The molecule has 0 aliphatic carbocycles. The smallest absolute Gasteiger partial charge is 0.364 e. The molecule has 0 atom stereocenters. The van der Waals surface area contributed by atoms with Crippen molar-refractivity contribution in [3.05, 3.63) is 84.0 Å². The number of carboxylic acids is 1. The maximum Gasteiger partial charge on any atom is 0.364 e. The highest BCUT2D eigenvalue weighted by Gasteiger charge is 2.34. The maximum absolute atomic E-state index is 14.2. The number of aromatic nitrogens is 5. The summed E-state index contributed by atoms with van der Waals surface area (Å²) >= 11 is 5.29. The van der Waals surface area contributed by atoms with Gasteiger partial charge in [0.15, 0.2) is 22.9 Å². The summed E-state index contributed by atoms with van der Waals surface area (Å²) in [5, 5.41) is 16.1. The number of benzene rings is 1. The Balaban J connectivity index is 0.00000100. The Morgan fingerprint density at radius 1 is 1.05 bits per heavy atom. The van der Waals surface area contributed by atoms with Crippen LogP contribution in [-0.4, -0.2) is 41.4 Å². The molecule has 13 heteroatoms. The molecule has 5 aromatic rings. The van der Waals surface area contributed by atoms with E-state index in [2.05, 4.69) is 20.5 Å². The lowest BCUT2D eigenvalue weighted by atomic mass is 10.2. The molecule has 2 N–H and O–H groups in total. The monoisotopic (exact) mass is 558 g/mol. The number of fused-ring (bicyclic) bond motifs is 1. The van der Waals surface area contributed by atoms with Crippen LogP contribution in [0.5, 0.6) is 0 Å². The zero-order valence-electron chi connectivity index (χ0n) is 21.4. The normalized spacial score (nSPS) is 10.7. The third-order valence-corrected chi connectivity index (χ3v) is 5.15. The largest absolute Gasteiger partial charge is 0.477 e. The van der Waals surface area contributed by atoms with Gasteiger partial charge in [-0.2, -0.15) is 19.0 Å². The number of nitrogens with zero attached hydrogens (tertiary/aromatic N) is 5. The van der Waals surface area contributed by atoms with E-state index in [-0.39, 0.29) is 34.2 Å². The summed E-state index contributed by atoms with van der Waals surface area (Å²) in [6.45, 7) is 8.00. The second kappa shape index (κ2) is 12.3. The van der Waals surface area contributed by atoms with Crippen LogP contribution < -0.4 is 5.32 Å². The van der Waals surface area contributed by atoms with E-state index >= 15 is 0 Å². The summed E-state index contributed by atoms with van der Waals surface area (Å²) in [5.41, 5.74) is -0.894. The fraction of sp³-hybridized carbons (Fsp3) is 0.192. The topological polar surface area (TPSA) is 128 Å². The van der Waals surface area contributed by atoms with Crippen LogP contribution in [0.25, 0.3) is 22.8 Å². The molecule has 39 heavy (non-hydrogen) atoms. The molecule has 0 unspecified atom stereocenters. The van der Waals surface area contributed by atoms with Gasteiger partial charge in [0.2, 0.25) is 0 Å². The van der Waals surface area contributed by atoms with E-state index in [1.54, 1.807) is 36.4 Å². The van der Waals surface area contributed by atoms with Gasteiger partial charge >= 0.3 is 11.4 Å². The number of para-hydroxylation sites is 1. The molecule has 0 saturated carbocycles. The van der Waals surface area contributed by atoms with Gasteiger partial charge in [-0.05, 0) is 41.9 Å². The molecule has 0 radical (unpaired) electrons. The predicted molar refractivity (Wildman–Crippen MR) is 142 cm³/mol. The van der Waals surface area contributed by atoms with Crippen molar-refractivity contribution in [3.63, 3.8) is 0 Å². The Kier molecular flexibility index (Phi) is 9.15. The Morgan fingerprint density at radius 2 is 1.74 bits per heavy atom. The molecule has 0 fully saturated rings. The van der Waals surface area contributed by atoms with E-state index in [1.807, 2.05) is 27.7 Å². The van der Waals surface area contributed by atoms with E-state index < -0.39 is 23.0 Å². The quantitative estimate of drug-likeness (QED) is 0.229. The van der Waals surface area contributed by atoms with Crippen molar-refractivity contribution in [1.82, 2.24) is 24.4 Å². The number of alkyl halides is 3. The summed E-state index contributed by atoms with van der Waals surface area (Å²) in [7, 11) is 0. The number of halogens is 3. The summed E-state index contributed by atoms with van der Waals surface area (Å²) in [6.07, 6.45) is 2.43. The van der Waals surface area contributed by atoms with Crippen molar-refractivity contribution in [3.8, 4) is 17.1 Å². The van der Waals surface area contributed by atoms with E-state index in [0.717, 1.165) is 22.8 Å². The molecule has 1 amide bonds. The minimum atomic E-state index is -3.84. The van der Waals surface area contributed by atoms with Crippen LogP contribution in [-0.2, 0) is 5.38 Å². The lowest BCUT2D eigenvalue weighted by Gasteiger charge is -2.11. The molecule has 0 aliphatic rings. The highest BCUT2D eigenvalue weighted by atomic mass is 35.5. The first kappa shape index (κ1) is 29.0. The van der Waals surface area contributed by atoms with E-state index in [4.69, 9.17) is 16.0 Å². The van der Waals surface area contributed by atoms with Crippen LogP contribution >= 0.6 is 11.6 Å². The van der Waals surface area contributed by atoms with Crippen molar-refractivity contribution in [2.45, 2.75) is 33.1 Å². The number of nitrogens with one attached hydrogen (secondary N) is 1. The van der Waals surface area contributed by atoms with Crippen LogP contribution in [0.2, 0.25) is 0 Å². The zero-order valence-corrected chi connectivity index (χ0v) is 22.1. The summed E-state index contributed by atoms with van der Waals surface area (Å²) < 4.78 is 35.5. The SMILES string of the molecule is CC.CC.O=C(Nc1c(C(=O)O)cnn1-c1ccccc1)c1cc2nc(-c3ccco3)cc(C(F)(F)Cl)n2n1. The minimum absolute atomic E-state index is 0.0556. The molecular formula is C26H25ClF2N6O4. The lowest BCUT2D eigenvalue weighted by Crippen LogP contribution is -2.18. The molecule has 204 valence electrons. The molecule has 5 rings (SSSR count). The van der Waals surface area contributed by atoms with Gasteiger partial charge in [0, 0.05) is 6.07 Å². The van der Waals surface area contributed by atoms with Crippen molar-refractivity contribution >= 4 is 34.9 Å². The molecule has 1 aromatic carbocycles. The third-order valence-electron chi connectivity index (χ3n) is 4.96. The number of furan rings is 1. The summed E-state index contributed by atoms with van der Waals surface area (Å²) in [4.78, 5) is 28.9. The standard InChI is InChI=1S/C22H13ClF2N6O4.2C2H6/c23-22(24,25)17-9-14(16-7-4-8-35-16)27-18-10-15(29-31(17)18)20(32)28-19-13(21(33)34)11-26-30(19)12-5-2-1-3-6-12;2*1-2/h1-11H,(H,28,32)(H,33,34);2*1-2H3. The van der Waals surface area contributed by atoms with E-state index in [1.165, 1.54) is 17.0 Å². The molecule has 0 bridgehead atoms. The fourth-order valence-corrected chi connectivity index (χ4v) is 3.53. The number of anilines is 1. The molecule has 4 heterocycles. The van der Waals surface area contributed by atoms with Gasteiger partial charge in [0.25, 0.3) is 5.91 Å². The molecule has 4 aromatic heterocycles. The number of rotatable bonds is 6. The van der Waals surface area contributed by atoms with Gasteiger partial charge in [-0.1, -0.05) is 45.9 Å². The summed E-state index contributed by atoms with van der Waals surface area (Å²) in [6, 6.07) is 13.7. The van der Waals surface area contributed by atoms with Crippen molar-refractivity contribution in [2.24, 2.45) is 0 Å². The van der Waals surface area contributed by atoms with Crippen LogP contribution in [0.1, 0.15) is 54.2 Å². The molecule has 0 spiro atoms. The first-order chi connectivity index (χ1) is 18.7. The molecule has 0 saturated heterocycles. The highest BCUT2D eigenvalue weighted by Crippen LogP contribution is 2.34. The van der Waals surface area contributed by atoms with Gasteiger partial charge in [0.1, 0.15) is 17.0 Å². The van der Waals surface area contributed by atoms with Crippen LogP contribution in [0.15, 0.2) is 71.5 Å². The van der Waals surface area contributed by atoms with Crippen LogP contribution in [0.4, 0.5) is 14.6 Å². The first-order valence-corrected chi connectivity index (χ1v) is 12.3. The molecular weight excluding hydrogens is 534 g/mol. The van der Waals surface area contributed by atoms with E-state index in [9.17, 15) is 23.5 Å². The number of carbonyl (C=O) groups excluding carboxylic acids is 1. The summed E-state index contributed by atoms with van der Waals surface area (Å²) in [5.74, 6) is -2.14. The number of carboxylic acid groups (broad SMARTS) is 1. The second-order valence-electron chi connectivity index (χ2n) is 7.21. The number of carbonyl (C=O) groups is 2. The van der Waals surface area contributed by atoms with E-state index in [0.29, 0.717) is 5.69 Å². The second-order valence-corrected chi connectivity index (χ2v) is 7.69. The Labute approximate surface area is 226 Å². The molecule has 10 nitrogen and oxygen atoms in total. The van der Waals surface area contributed by atoms with Crippen molar-refractivity contribution in [2.75, 3.05) is 5.32 Å². The average molecular weight is 559 g/mol. The predicted octanol–water partition coefficient (Wildman–Crippen LogP) is 6.47. The zero-order chi connectivity index (χ0) is 28.7. The average Bonchev–Trinajstić information content (AvgIpc) is 3.70. The molecule has 0 aliphatic heterocycles. The van der Waals surface area contributed by atoms with Crippen molar-refractivity contribution < 1.29 is 27.9 Å².